The van der Waals surface area contributed by atoms with Gasteiger partial charge >= 0.3 is 11.9 Å². The van der Waals surface area contributed by atoms with Crippen LogP contribution in [0.1, 0.15) is 26.3 Å². The van der Waals surface area contributed by atoms with E-state index >= 15 is 0 Å². The Kier molecular flexibility index (Phi) is 4.33. The number of carboxylic acids is 2. The molecule has 5 nitrogen and oxygen atoms in total. The molecular formula is C23H15NO4. The molecule has 0 aromatic heterocycles. The van der Waals surface area contributed by atoms with Crippen molar-refractivity contribution in [3.63, 3.8) is 0 Å². The predicted octanol–water partition coefficient (Wildman–Crippen LogP) is 5.14. The van der Waals surface area contributed by atoms with Crippen molar-refractivity contribution in [3.8, 4) is 0 Å². The minimum Gasteiger partial charge on any atom is -0.478 e. The molecule has 0 fully saturated rings. The van der Waals surface area contributed by atoms with Gasteiger partial charge in [0, 0.05) is 11.8 Å². The van der Waals surface area contributed by atoms with Crippen LogP contribution in [-0.4, -0.2) is 28.4 Å². The van der Waals surface area contributed by atoms with Crippen LogP contribution in [0.3, 0.4) is 0 Å². The number of carboxylic acid groups (broad SMARTS) is 2. The molecule has 0 unspecified atom stereocenters. The maximum atomic E-state index is 11.3. The van der Waals surface area contributed by atoms with Crippen LogP contribution < -0.4 is 0 Å². The molecule has 4 rings (SSSR count). The largest absolute Gasteiger partial charge is 0.478 e. The number of aromatic carboxylic acids is 2. The highest BCUT2D eigenvalue weighted by Crippen LogP contribution is 2.28. The van der Waals surface area contributed by atoms with Crippen LogP contribution in [0.15, 0.2) is 77.8 Å². The number of benzene rings is 4. The number of hydrogen-bond donors (Lipinski definition) is 2. The molecule has 0 spiro atoms. The summed E-state index contributed by atoms with van der Waals surface area (Å²) < 4.78 is 0. The van der Waals surface area contributed by atoms with E-state index in [1.54, 1.807) is 6.21 Å². The molecule has 0 bridgehead atoms. The lowest BCUT2D eigenvalue weighted by Crippen LogP contribution is -2.01. The summed E-state index contributed by atoms with van der Waals surface area (Å²) in [6.07, 6.45) is 1.66. The average Bonchev–Trinajstić information content (AvgIpc) is 2.70. The zero-order chi connectivity index (χ0) is 19.7. The Balaban J connectivity index is 1.91. The summed E-state index contributed by atoms with van der Waals surface area (Å²) in [5.41, 5.74) is 0.935. The van der Waals surface area contributed by atoms with Crippen LogP contribution in [-0.2, 0) is 0 Å². The molecule has 0 aliphatic rings. The number of rotatable bonds is 4. The van der Waals surface area contributed by atoms with E-state index in [0.29, 0.717) is 0 Å². The third-order valence-electron chi connectivity index (χ3n) is 4.57. The van der Waals surface area contributed by atoms with Crippen molar-refractivity contribution < 1.29 is 19.8 Å². The van der Waals surface area contributed by atoms with Crippen molar-refractivity contribution >= 4 is 45.4 Å². The first-order valence-corrected chi connectivity index (χ1v) is 8.59. The second-order valence-electron chi connectivity index (χ2n) is 6.37. The molecule has 0 saturated carbocycles. The Labute approximate surface area is 160 Å². The highest BCUT2D eigenvalue weighted by atomic mass is 16.4. The third kappa shape index (κ3) is 3.21. The van der Waals surface area contributed by atoms with Crippen LogP contribution in [0.5, 0.6) is 0 Å². The number of carbonyl (C=O) groups is 2. The molecule has 0 atom stereocenters. The Morgan fingerprint density at radius 1 is 0.714 bits per heavy atom. The highest BCUT2D eigenvalue weighted by molar-refractivity contribution is 6.13. The molecule has 5 heteroatoms. The van der Waals surface area contributed by atoms with Crippen molar-refractivity contribution in [2.45, 2.75) is 0 Å². The maximum Gasteiger partial charge on any atom is 0.335 e. The van der Waals surface area contributed by atoms with Crippen molar-refractivity contribution in [1.82, 2.24) is 0 Å². The van der Waals surface area contributed by atoms with E-state index < -0.39 is 11.9 Å². The summed E-state index contributed by atoms with van der Waals surface area (Å²) in [5, 5.41) is 22.6. The Bertz CT molecular complexity index is 1190. The van der Waals surface area contributed by atoms with Crippen LogP contribution in [0.25, 0.3) is 21.5 Å². The van der Waals surface area contributed by atoms with Gasteiger partial charge in [-0.25, -0.2) is 9.59 Å². The van der Waals surface area contributed by atoms with E-state index in [9.17, 15) is 19.8 Å². The molecule has 136 valence electrons. The van der Waals surface area contributed by atoms with Gasteiger partial charge in [-0.15, -0.1) is 0 Å². The van der Waals surface area contributed by atoms with Crippen molar-refractivity contribution in [1.29, 1.82) is 0 Å². The van der Waals surface area contributed by atoms with Gasteiger partial charge in [-0.3, -0.25) is 4.99 Å². The van der Waals surface area contributed by atoms with Crippen LogP contribution in [0.4, 0.5) is 5.69 Å². The zero-order valence-corrected chi connectivity index (χ0v) is 14.7. The van der Waals surface area contributed by atoms with Crippen molar-refractivity contribution in [2.75, 3.05) is 0 Å². The van der Waals surface area contributed by atoms with Gasteiger partial charge in [0.2, 0.25) is 0 Å². The molecule has 4 aromatic carbocycles. The Morgan fingerprint density at radius 3 is 1.71 bits per heavy atom. The number of fused-ring (bicyclic) bond motifs is 2. The van der Waals surface area contributed by atoms with E-state index in [-0.39, 0.29) is 16.8 Å². The number of aliphatic imine (C=N–C) groups is 1. The minimum atomic E-state index is -1.20. The van der Waals surface area contributed by atoms with Gasteiger partial charge in [-0.2, -0.15) is 0 Å². The second-order valence-corrected chi connectivity index (χ2v) is 6.37. The molecule has 0 aliphatic heterocycles. The number of nitrogens with zero attached hydrogens (tertiary/aromatic N) is 1. The van der Waals surface area contributed by atoms with E-state index in [1.165, 1.54) is 12.1 Å². The van der Waals surface area contributed by atoms with Gasteiger partial charge in [-0.05, 0) is 45.8 Å². The minimum absolute atomic E-state index is 0.116. The predicted molar refractivity (Wildman–Crippen MR) is 109 cm³/mol. The molecule has 0 radical (unpaired) electrons. The Morgan fingerprint density at radius 2 is 1.21 bits per heavy atom. The van der Waals surface area contributed by atoms with E-state index in [1.807, 2.05) is 48.5 Å². The standard InChI is InChI=1S/C23H15NO4/c25-22(26)16-10-17(23(27)28)12-18(11-16)24-13-21-19-7-3-1-5-14(19)9-15-6-2-4-8-20(15)21/h1-13H,(H,25,26)(H,27,28). The van der Waals surface area contributed by atoms with Crippen LogP contribution in [0, 0.1) is 0 Å². The lowest BCUT2D eigenvalue weighted by Gasteiger charge is -2.08. The fourth-order valence-corrected chi connectivity index (χ4v) is 3.26. The topological polar surface area (TPSA) is 87.0 Å². The summed E-state index contributed by atoms with van der Waals surface area (Å²) in [6.45, 7) is 0. The first kappa shape index (κ1) is 17.4. The maximum absolute atomic E-state index is 11.3. The lowest BCUT2D eigenvalue weighted by molar-refractivity contribution is 0.0696. The summed E-state index contributed by atoms with van der Waals surface area (Å²) in [6, 6.07) is 21.8. The van der Waals surface area contributed by atoms with Crippen molar-refractivity contribution in [3.05, 3.63) is 89.5 Å². The Hall–Kier alpha value is -3.99. The summed E-state index contributed by atoms with van der Waals surface area (Å²) in [4.78, 5) is 27.0. The van der Waals surface area contributed by atoms with Gasteiger partial charge in [0.15, 0.2) is 0 Å². The zero-order valence-electron chi connectivity index (χ0n) is 14.7. The molecule has 0 amide bonds. The first-order valence-electron chi connectivity index (χ1n) is 8.59. The quantitative estimate of drug-likeness (QED) is 0.385. The van der Waals surface area contributed by atoms with Gasteiger partial charge < -0.3 is 10.2 Å². The fraction of sp³-hybridized carbons (Fsp3) is 0. The molecule has 2 N–H and O–H groups in total. The molecule has 0 saturated heterocycles. The monoisotopic (exact) mass is 369 g/mol. The van der Waals surface area contributed by atoms with E-state index in [2.05, 4.69) is 11.1 Å². The third-order valence-corrected chi connectivity index (χ3v) is 4.57. The average molecular weight is 369 g/mol. The summed E-state index contributed by atoms with van der Waals surface area (Å²) >= 11 is 0. The van der Waals surface area contributed by atoms with Crippen molar-refractivity contribution in [2.24, 2.45) is 4.99 Å². The fourth-order valence-electron chi connectivity index (χ4n) is 3.26. The smallest absolute Gasteiger partial charge is 0.335 e. The number of hydrogen-bond acceptors (Lipinski definition) is 3. The van der Waals surface area contributed by atoms with Gasteiger partial charge in [0.05, 0.1) is 16.8 Å². The summed E-state index contributed by atoms with van der Waals surface area (Å²) in [5.74, 6) is -2.40. The summed E-state index contributed by atoms with van der Waals surface area (Å²) in [7, 11) is 0. The van der Waals surface area contributed by atoms with Crippen LogP contribution in [0.2, 0.25) is 0 Å². The van der Waals surface area contributed by atoms with Crippen LogP contribution >= 0.6 is 0 Å². The van der Waals surface area contributed by atoms with Gasteiger partial charge in [-0.1, -0.05) is 48.5 Å². The second kappa shape index (κ2) is 6.96. The molecule has 4 aromatic rings. The molecular weight excluding hydrogens is 354 g/mol. The lowest BCUT2D eigenvalue weighted by atomic mass is 9.97. The molecule has 0 heterocycles. The van der Waals surface area contributed by atoms with E-state index in [0.717, 1.165) is 33.2 Å². The SMILES string of the molecule is O=C(O)c1cc(N=Cc2c3ccccc3cc3ccccc23)cc(C(=O)O)c1. The normalized spacial score (nSPS) is 11.3. The van der Waals surface area contributed by atoms with E-state index in [4.69, 9.17) is 0 Å². The van der Waals surface area contributed by atoms with Gasteiger partial charge in [0.25, 0.3) is 0 Å². The highest BCUT2D eigenvalue weighted by Gasteiger charge is 2.11. The molecule has 28 heavy (non-hydrogen) atoms. The van der Waals surface area contributed by atoms with Gasteiger partial charge in [0.1, 0.15) is 0 Å². The first-order chi connectivity index (χ1) is 13.5. The molecule has 0 aliphatic carbocycles.